The Bertz CT molecular complexity index is 546. The molecule has 0 radical (unpaired) electrons. The second-order valence-electron chi connectivity index (χ2n) is 5.92. The lowest BCUT2D eigenvalue weighted by Gasteiger charge is -2.48. The second kappa shape index (κ2) is 7.59. The summed E-state index contributed by atoms with van der Waals surface area (Å²) in [6.45, 7) is 7.29. The van der Waals surface area contributed by atoms with Crippen LogP contribution in [-0.2, 0) is 14.3 Å². The first kappa shape index (κ1) is 17.5. The van der Waals surface area contributed by atoms with Crippen LogP contribution in [0.1, 0.15) is 33.6 Å². The van der Waals surface area contributed by atoms with Crippen molar-refractivity contribution in [2.24, 2.45) is 5.92 Å². The van der Waals surface area contributed by atoms with Crippen molar-refractivity contribution >= 4 is 17.6 Å². The van der Waals surface area contributed by atoms with Crippen LogP contribution in [0.25, 0.3) is 0 Å². The molecule has 1 fully saturated rings. The van der Waals surface area contributed by atoms with Crippen LogP contribution >= 0.6 is 0 Å². The largest absolute Gasteiger partial charge is 0.464 e. The minimum absolute atomic E-state index is 0.0361. The minimum Gasteiger partial charge on any atom is -0.464 e. The highest BCUT2D eigenvalue weighted by molar-refractivity contribution is 6.02. The molecule has 1 aromatic carbocycles. The van der Waals surface area contributed by atoms with Gasteiger partial charge in [0.1, 0.15) is 5.54 Å². The van der Waals surface area contributed by atoms with Crippen LogP contribution in [0, 0.1) is 5.92 Å². The first-order valence-corrected chi connectivity index (χ1v) is 8.34. The molecule has 5 heteroatoms. The number of nitrogens with one attached hydrogen (secondary N) is 1. The van der Waals surface area contributed by atoms with E-state index in [4.69, 9.17) is 4.74 Å². The average Bonchev–Trinajstić information content (AvgIpc) is 2.57. The number of piperidine rings is 1. The summed E-state index contributed by atoms with van der Waals surface area (Å²) >= 11 is 0. The third kappa shape index (κ3) is 3.24. The normalized spacial score (nSPS) is 24.0. The molecule has 2 atom stereocenters. The quantitative estimate of drug-likeness (QED) is 0.847. The van der Waals surface area contributed by atoms with E-state index >= 15 is 0 Å². The van der Waals surface area contributed by atoms with Crippen LogP contribution in [-0.4, -0.2) is 37.1 Å². The zero-order chi connectivity index (χ0) is 16.9. The number of amides is 1. The van der Waals surface area contributed by atoms with Crippen molar-refractivity contribution in [1.29, 1.82) is 0 Å². The van der Waals surface area contributed by atoms with E-state index < -0.39 is 5.54 Å². The van der Waals surface area contributed by atoms with Gasteiger partial charge in [-0.1, -0.05) is 32.0 Å². The van der Waals surface area contributed by atoms with Crippen molar-refractivity contribution in [3.05, 3.63) is 30.3 Å². The fraction of sp³-hybridized carbons (Fsp3) is 0.556. The Morgan fingerprint density at radius 3 is 2.57 bits per heavy atom. The Labute approximate surface area is 138 Å². The molecule has 0 aromatic heterocycles. The Hall–Kier alpha value is -1.88. The van der Waals surface area contributed by atoms with E-state index in [-0.39, 0.29) is 17.8 Å². The number of para-hydroxylation sites is 1. The number of esters is 1. The van der Waals surface area contributed by atoms with Gasteiger partial charge >= 0.3 is 5.97 Å². The first-order chi connectivity index (χ1) is 11.1. The third-order valence-corrected chi connectivity index (χ3v) is 4.54. The lowest BCUT2D eigenvalue weighted by molar-refractivity contribution is -0.154. The summed E-state index contributed by atoms with van der Waals surface area (Å²) in [7, 11) is 0. The zero-order valence-electron chi connectivity index (χ0n) is 14.2. The monoisotopic (exact) mass is 318 g/mol. The fourth-order valence-corrected chi connectivity index (χ4v) is 3.33. The van der Waals surface area contributed by atoms with E-state index in [0.717, 1.165) is 5.69 Å². The average molecular weight is 318 g/mol. The van der Waals surface area contributed by atoms with Gasteiger partial charge in [0.05, 0.1) is 6.61 Å². The SMILES string of the molecule is CCOC(=O)[C@]1(N(C(=O)CC)c2ccccc2)CCNC[C@H]1C. The summed E-state index contributed by atoms with van der Waals surface area (Å²) in [6, 6.07) is 9.43. The molecule has 0 saturated carbocycles. The molecule has 23 heavy (non-hydrogen) atoms. The summed E-state index contributed by atoms with van der Waals surface area (Å²) < 4.78 is 5.39. The molecule has 126 valence electrons. The Kier molecular flexibility index (Phi) is 5.77. The highest BCUT2D eigenvalue weighted by Gasteiger charge is 2.53. The molecule has 1 saturated heterocycles. The lowest BCUT2D eigenvalue weighted by atomic mass is 9.77. The zero-order valence-corrected chi connectivity index (χ0v) is 14.2. The van der Waals surface area contributed by atoms with Gasteiger partial charge < -0.3 is 10.1 Å². The van der Waals surface area contributed by atoms with Gasteiger partial charge in [0.2, 0.25) is 5.91 Å². The van der Waals surface area contributed by atoms with Gasteiger partial charge in [0.15, 0.2) is 0 Å². The van der Waals surface area contributed by atoms with Gasteiger partial charge in [-0.15, -0.1) is 0 Å². The number of carbonyl (C=O) groups is 2. The summed E-state index contributed by atoms with van der Waals surface area (Å²) in [4.78, 5) is 27.4. The van der Waals surface area contributed by atoms with Gasteiger partial charge in [-0.3, -0.25) is 9.69 Å². The number of nitrogens with zero attached hydrogens (tertiary/aromatic N) is 1. The summed E-state index contributed by atoms with van der Waals surface area (Å²) in [6.07, 6.45) is 0.893. The molecule has 0 aliphatic carbocycles. The molecule has 5 nitrogen and oxygen atoms in total. The molecular formula is C18H26N2O3. The van der Waals surface area contributed by atoms with Gasteiger partial charge in [-0.2, -0.15) is 0 Å². The standard InChI is InChI=1S/C18H26N2O3/c1-4-16(21)20(15-9-7-6-8-10-15)18(17(22)23-5-2)11-12-19-13-14(18)3/h6-10,14,19H,4-5,11-13H2,1-3H3/t14-,18+/m1/s1. The van der Waals surface area contributed by atoms with Crippen LogP contribution in [0.2, 0.25) is 0 Å². The maximum atomic E-state index is 12.9. The smallest absolute Gasteiger partial charge is 0.332 e. The number of rotatable bonds is 5. The molecule has 0 spiro atoms. The van der Waals surface area contributed by atoms with Crippen molar-refractivity contribution in [3.63, 3.8) is 0 Å². The predicted molar refractivity (Wildman–Crippen MR) is 90.2 cm³/mol. The molecule has 1 N–H and O–H groups in total. The minimum atomic E-state index is -0.949. The molecule has 1 heterocycles. The fourth-order valence-electron chi connectivity index (χ4n) is 3.33. The Morgan fingerprint density at radius 1 is 1.30 bits per heavy atom. The lowest BCUT2D eigenvalue weighted by Crippen LogP contribution is -2.66. The van der Waals surface area contributed by atoms with E-state index in [2.05, 4.69) is 5.32 Å². The van der Waals surface area contributed by atoms with Crippen molar-refractivity contribution < 1.29 is 14.3 Å². The number of hydrogen-bond acceptors (Lipinski definition) is 4. The number of benzene rings is 1. The van der Waals surface area contributed by atoms with E-state index in [1.165, 1.54) is 0 Å². The number of ether oxygens (including phenoxy) is 1. The molecular weight excluding hydrogens is 292 g/mol. The molecule has 2 rings (SSSR count). The number of carbonyl (C=O) groups excluding carboxylic acids is 2. The number of anilines is 1. The van der Waals surface area contributed by atoms with E-state index in [0.29, 0.717) is 32.5 Å². The third-order valence-electron chi connectivity index (χ3n) is 4.54. The molecule has 0 unspecified atom stereocenters. The van der Waals surface area contributed by atoms with Gasteiger partial charge in [0.25, 0.3) is 0 Å². The topological polar surface area (TPSA) is 58.6 Å². The molecule has 1 amide bonds. The summed E-state index contributed by atoms with van der Waals surface area (Å²) in [5.74, 6) is -0.399. The van der Waals surface area contributed by atoms with Crippen LogP contribution < -0.4 is 10.2 Å². The van der Waals surface area contributed by atoms with Gasteiger partial charge in [-0.25, -0.2) is 4.79 Å². The van der Waals surface area contributed by atoms with Crippen molar-refractivity contribution in [2.75, 3.05) is 24.6 Å². The van der Waals surface area contributed by atoms with Crippen LogP contribution in [0.3, 0.4) is 0 Å². The molecule has 1 aromatic rings. The van der Waals surface area contributed by atoms with Gasteiger partial charge in [-0.05, 0) is 32.0 Å². The maximum Gasteiger partial charge on any atom is 0.332 e. The highest BCUT2D eigenvalue weighted by atomic mass is 16.5. The number of hydrogen-bond donors (Lipinski definition) is 1. The Balaban J connectivity index is 2.56. The van der Waals surface area contributed by atoms with Crippen molar-refractivity contribution in [1.82, 2.24) is 5.32 Å². The highest BCUT2D eigenvalue weighted by Crippen LogP contribution is 2.37. The maximum absolute atomic E-state index is 12.9. The van der Waals surface area contributed by atoms with Crippen LogP contribution in [0.15, 0.2) is 30.3 Å². The van der Waals surface area contributed by atoms with E-state index in [1.807, 2.05) is 44.2 Å². The predicted octanol–water partition coefficient (Wildman–Crippen LogP) is 2.36. The summed E-state index contributed by atoms with van der Waals surface area (Å²) in [5, 5.41) is 3.30. The van der Waals surface area contributed by atoms with Gasteiger partial charge in [0, 0.05) is 24.6 Å². The second-order valence-corrected chi connectivity index (χ2v) is 5.92. The molecule has 1 aliphatic heterocycles. The summed E-state index contributed by atoms with van der Waals surface area (Å²) in [5.41, 5.74) is -0.198. The van der Waals surface area contributed by atoms with Crippen molar-refractivity contribution in [2.45, 2.75) is 39.2 Å². The van der Waals surface area contributed by atoms with E-state index in [1.54, 1.807) is 11.8 Å². The molecule has 1 aliphatic rings. The first-order valence-electron chi connectivity index (χ1n) is 8.34. The van der Waals surface area contributed by atoms with Crippen molar-refractivity contribution in [3.8, 4) is 0 Å². The van der Waals surface area contributed by atoms with Crippen LogP contribution in [0.5, 0.6) is 0 Å². The Morgan fingerprint density at radius 2 is 2.00 bits per heavy atom. The van der Waals surface area contributed by atoms with Crippen LogP contribution in [0.4, 0.5) is 5.69 Å². The van der Waals surface area contributed by atoms with E-state index in [9.17, 15) is 9.59 Å². The molecule has 0 bridgehead atoms.